The molecule has 1 atom stereocenters. The van der Waals surface area contributed by atoms with E-state index in [0.29, 0.717) is 6.54 Å². The molecule has 1 unspecified atom stereocenters. The third-order valence-corrected chi connectivity index (χ3v) is 3.23. The molecule has 0 spiro atoms. The van der Waals surface area contributed by atoms with Crippen LogP contribution >= 0.6 is 0 Å². The number of hydrogen-bond donors (Lipinski definition) is 1. The third kappa shape index (κ3) is 3.68. The summed E-state index contributed by atoms with van der Waals surface area (Å²) in [7, 11) is 1.40. The summed E-state index contributed by atoms with van der Waals surface area (Å²) in [6.07, 6.45) is 0. The van der Waals surface area contributed by atoms with Crippen molar-refractivity contribution in [2.24, 2.45) is 0 Å². The number of rotatable bonds is 5. The summed E-state index contributed by atoms with van der Waals surface area (Å²) in [5.74, 6) is -0.245. The number of carbonyl (C=O) groups is 1. The van der Waals surface area contributed by atoms with Gasteiger partial charge < -0.3 is 10.1 Å². The van der Waals surface area contributed by atoms with E-state index in [-0.39, 0.29) is 12.0 Å². The Labute approximate surface area is 119 Å². The van der Waals surface area contributed by atoms with Gasteiger partial charge in [0.25, 0.3) is 0 Å². The van der Waals surface area contributed by atoms with E-state index in [4.69, 9.17) is 0 Å². The first-order chi connectivity index (χ1) is 9.70. The standard InChI is InChI=1S/C17H19NO2/c1-13(17(19)20-2)18-12-14-8-10-16(11-9-14)15-6-4-3-5-7-15/h3-11,13,18H,12H2,1-2H3. The highest BCUT2D eigenvalue weighted by Crippen LogP contribution is 2.19. The number of nitrogens with one attached hydrogen (secondary N) is 1. The molecule has 3 heteroatoms. The van der Waals surface area contributed by atoms with E-state index in [0.717, 1.165) is 5.56 Å². The Bertz CT molecular complexity index is 549. The summed E-state index contributed by atoms with van der Waals surface area (Å²) in [5.41, 5.74) is 3.53. The minimum Gasteiger partial charge on any atom is -0.468 e. The summed E-state index contributed by atoms with van der Waals surface area (Å²) in [6.45, 7) is 2.44. The summed E-state index contributed by atoms with van der Waals surface area (Å²) in [6, 6.07) is 18.3. The van der Waals surface area contributed by atoms with Crippen LogP contribution in [-0.2, 0) is 16.1 Å². The maximum atomic E-state index is 11.3. The number of ether oxygens (including phenoxy) is 1. The predicted octanol–water partition coefficient (Wildman–Crippen LogP) is 3.00. The zero-order valence-electron chi connectivity index (χ0n) is 11.8. The van der Waals surface area contributed by atoms with Gasteiger partial charge in [0, 0.05) is 6.54 Å². The van der Waals surface area contributed by atoms with Crippen LogP contribution < -0.4 is 5.32 Å². The maximum Gasteiger partial charge on any atom is 0.322 e. The monoisotopic (exact) mass is 269 g/mol. The number of esters is 1. The smallest absolute Gasteiger partial charge is 0.322 e. The second-order valence-electron chi connectivity index (χ2n) is 4.69. The van der Waals surface area contributed by atoms with Gasteiger partial charge in [-0.2, -0.15) is 0 Å². The molecule has 0 amide bonds. The minimum atomic E-state index is -0.297. The average Bonchev–Trinajstić information content (AvgIpc) is 2.53. The first kappa shape index (κ1) is 14.3. The lowest BCUT2D eigenvalue weighted by Gasteiger charge is -2.11. The number of methoxy groups -OCH3 is 1. The minimum absolute atomic E-state index is 0.245. The van der Waals surface area contributed by atoms with Gasteiger partial charge in [-0.25, -0.2) is 0 Å². The maximum absolute atomic E-state index is 11.3. The Morgan fingerprint density at radius 3 is 2.25 bits per heavy atom. The van der Waals surface area contributed by atoms with Crippen LogP contribution in [-0.4, -0.2) is 19.1 Å². The quantitative estimate of drug-likeness (QED) is 0.848. The van der Waals surface area contributed by atoms with E-state index in [2.05, 4.69) is 46.5 Å². The summed E-state index contributed by atoms with van der Waals surface area (Å²) >= 11 is 0. The molecule has 0 aliphatic rings. The topological polar surface area (TPSA) is 38.3 Å². The molecule has 0 heterocycles. The number of benzene rings is 2. The van der Waals surface area contributed by atoms with Crippen LogP contribution in [0.25, 0.3) is 11.1 Å². The van der Waals surface area contributed by atoms with Crippen molar-refractivity contribution in [1.29, 1.82) is 0 Å². The van der Waals surface area contributed by atoms with Gasteiger partial charge in [-0.1, -0.05) is 54.6 Å². The van der Waals surface area contributed by atoms with E-state index < -0.39 is 0 Å². The fourth-order valence-corrected chi connectivity index (χ4v) is 1.98. The van der Waals surface area contributed by atoms with E-state index >= 15 is 0 Å². The van der Waals surface area contributed by atoms with Gasteiger partial charge in [0.15, 0.2) is 0 Å². The van der Waals surface area contributed by atoms with Crippen LogP contribution in [0, 0.1) is 0 Å². The van der Waals surface area contributed by atoms with E-state index in [1.54, 1.807) is 6.92 Å². The van der Waals surface area contributed by atoms with Crippen molar-refractivity contribution < 1.29 is 9.53 Å². The van der Waals surface area contributed by atoms with Gasteiger partial charge in [0.1, 0.15) is 6.04 Å². The van der Waals surface area contributed by atoms with Crippen LogP contribution in [0.1, 0.15) is 12.5 Å². The molecule has 0 fully saturated rings. The molecular weight excluding hydrogens is 250 g/mol. The van der Waals surface area contributed by atoms with Gasteiger partial charge in [-0.05, 0) is 23.6 Å². The van der Waals surface area contributed by atoms with Gasteiger partial charge in [0.05, 0.1) is 7.11 Å². The first-order valence-electron chi connectivity index (χ1n) is 6.66. The first-order valence-corrected chi connectivity index (χ1v) is 6.66. The summed E-state index contributed by atoms with van der Waals surface area (Å²) < 4.78 is 4.68. The highest BCUT2D eigenvalue weighted by molar-refractivity contribution is 5.75. The van der Waals surface area contributed by atoms with E-state index in [1.165, 1.54) is 18.2 Å². The highest BCUT2D eigenvalue weighted by Gasteiger charge is 2.11. The lowest BCUT2D eigenvalue weighted by atomic mass is 10.0. The van der Waals surface area contributed by atoms with Crippen molar-refractivity contribution in [3.63, 3.8) is 0 Å². The zero-order chi connectivity index (χ0) is 14.4. The average molecular weight is 269 g/mol. The van der Waals surface area contributed by atoms with Crippen molar-refractivity contribution in [3.8, 4) is 11.1 Å². The Balaban J connectivity index is 1.97. The normalized spacial score (nSPS) is 11.9. The van der Waals surface area contributed by atoms with Gasteiger partial charge in [-0.15, -0.1) is 0 Å². The second kappa shape index (κ2) is 6.87. The highest BCUT2D eigenvalue weighted by atomic mass is 16.5. The van der Waals surface area contributed by atoms with Crippen molar-refractivity contribution in [1.82, 2.24) is 5.32 Å². The molecular formula is C17H19NO2. The van der Waals surface area contributed by atoms with Crippen LogP contribution in [0.4, 0.5) is 0 Å². The Morgan fingerprint density at radius 1 is 1.05 bits per heavy atom. The molecule has 0 bridgehead atoms. The molecule has 0 aliphatic carbocycles. The molecule has 0 saturated heterocycles. The molecule has 0 aliphatic heterocycles. The Kier molecular flexibility index (Phi) is 4.91. The third-order valence-electron chi connectivity index (χ3n) is 3.23. The van der Waals surface area contributed by atoms with Gasteiger partial charge in [-0.3, -0.25) is 4.79 Å². The molecule has 2 aromatic carbocycles. The second-order valence-corrected chi connectivity index (χ2v) is 4.69. The fraction of sp³-hybridized carbons (Fsp3) is 0.235. The molecule has 2 aromatic rings. The summed E-state index contributed by atoms with van der Waals surface area (Å²) in [5, 5.41) is 3.13. The van der Waals surface area contributed by atoms with Gasteiger partial charge in [0.2, 0.25) is 0 Å². The molecule has 2 rings (SSSR count). The molecule has 0 saturated carbocycles. The molecule has 3 nitrogen and oxygen atoms in total. The molecule has 1 N–H and O–H groups in total. The van der Waals surface area contributed by atoms with E-state index in [9.17, 15) is 4.79 Å². The largest absolute Gasteiger partial charge is 0.468 e. The van der Waals surface area contributed by atoms with E-state index in [1.807, 2.05) is 18.2 Å². The van der Waals surface area contributed by atoms with Crippen LogP contribution in [0.15, 0.2) is 54.6 Å². The zero-order valence-corrected chi connectivity index (χ0v) is 11.8. The molecule has 104 valence electrons. The van der Waals surface area contributed by atoms with Crippen LogP contribution in [0.2, 0.25) is 0 Å². The predicted molar refractivity (Wildman–Crippen MR) is 80.2 cm³/mol. The van der Waals surface area contributed by atoms with Crippen LogP contribution in [0.3, 0.4) is 0 Å². The van der Waals surface area contributed by atoms with Crippen molar-refractivity contribution in [2.45, 2.75) is 19.5 Å². The van der Waals surface area contributed by atoms with Crippen molar-refractivity contribution >= 4 is 5.97 Å². The lowest BCUT2D eigenvalue weighted by molar-refractivity contribution is -0.142. The SMILES string of the molecule is COC(=O)C(C)NCc1ccc(-c2ccccc2)cc1. The lowest BCUT2D eigenvalue weighted by Crippen LogP contribution is -2.34. The number of carbonyl (C=O) groups excluding carboxylic acids is 1. The van der Waals surface area contributed by atoms with Crippen molar-refractivity contribution in [3.05, 3.63) is 60.2 Å². The van der Waals surface area contributed by atoms with Crippen molar-refractivity contribution in [2.75, 3.05) is 7.11 Å². The van der Waals surface area contributed by atoms with Crippen LogP contribution in [0.5, 0.6) is 0 Å². The Hall–Kier alpha value is -2.13. The summed E-state index contributed by atoms with van der Waals surface area (Å²) in [4.78, 5) is 11.3. The number of hydrogen-bond acceptors (Lipinski definition) is 3. The molecule has 20 heavy (non-hydrogen) atoms. The Morgan fingerprint density at radius 2 is 1.65 bits per heavy atom. The van der Waals surface area contributed by atoms with Gasteiger partial charge >= 0.3 is 5.97 Å². The molecule has 0 aromatic heterocycles. The fourth-order valence-electron chi connectivity index (χ4n) is 1.98. The molecule has 0 radical (unpaired) electrons.